The van der Waals surface area contributed by atoms with Crippen LogP contribution >= 0.6 is 0 Å². The molecule has 0 atom stereocenters. The van der Waals surface area contributed by atoms with Crippen molar-refractivity contribution in [2.45, 2.75) is 13.8 Å². The second kappa shape index (κ2) is 3.27. The van der Waals surface area contributed by atoms with Crippen LogP contribution in [0.25, 0.3) is 21.5 Å². The first kappa shape index (κ1) is 9.28. The molecular weight excluding hydrogens is 196 g/mol. The Labute approximate surface area is 94.0 Å². The highest BCUT2D eigenvalue weighted by molar-refractivity contribution is 6.07. The zero-order valence-electron chi connectivity index (χ0n) is 9.36. The summed E-state index contributed by atoms with van der Waals surface area (Å²) < 4.78 is 0. The van der Waals surface area contributed by atoms with Crippen LogP contribution < -0.4 is 0 Å². The molecule has 2 heterocycles. The minimum absolute atomic E-state index is 1.04. The highest BCUT2D eigenvalue weighted by Crippen LogP contribution is 2.26. The molecule has 0 N–H and O–H groups in total. The number of hydrogen-bond acceptors (Lipinski definition) is 2. The molecule has 0 amide bonds. The fourth-order valence-electron chi connectivity index (χ4n) is 2.12. The van der Waals surface area contributed by atoms with Crippen LogP contribution in [0.1, 0.15) is 11.3 Å². The van der Waals surface area contributed by atoms with E-state index in [4.69, 9.17) is 0 Å². The Morgan fingerprint density at radius 3 is 2.62 bits per heavy atom. The second-order valence-corrected chi connectivity index (χ2v) is 4.16. The molecule has 3 rings (SSSR count). The van der Waals surface area contributed by atoms with E-state index in [1.165, 1.54) is 27.1 Å². The summed E-state index contributed by atoms with van der Waals surface area (Å²) >= 11 is 0. The lowest BCUT2D eigenvalue weighted by atomic mass is 10.0. The Morgan fingerprint density at radius 1 is 0.875 bits per heavy atom. The fourth-order valence-corrected chi connectivity index (χ4v) is 2.12. The van der Waals surface area contributed by atoms with Crippen molar-refractivity contribution in [1.29, 1.82) is 0 Å². The molecule has 1 aromatic carbocycles. The fraction of sp³-hybridized carbons (Fsp3) is 0.143. The van der Waals surface area contributed by atoms with Crippen molar-refractivity contribution in [3.8, 4) is 0 Å². The van der Waals surface area contributed by atoms with Gasteiger partial charge in [-0.05, 0) is 36.2 Å². The maximum Gasteiger partial charge on any atom is 0.0379 e. The Balaban J connectivity index is 2.58. The lowest BCUT2D eigenvalue weighted by Crippen LogP contribution is -1.86. The van der Waals surface area contributed by atoms with Gasteiger partial charge >= 0.3 is 0 Å². The van der Waals surface area contributed by atoms with Gasteiger partial charge in [-0.25, -0.2) is 0 Å². The number of benzene rings is 1. The molecule has 16 heavy (non-hydrogen) atoms. The number of fused-ring (bicyclic) bond motifs is 3. The van der Waals surface area contributed by atoms with Crippen LogP contribution in [0.5, 0.6) is 0 Å². The van der Waals surface area contributed by atoms with E-state index in [2.05, 4.69) is 35.1 Å². The van der Waals surface area contributed by atoms with E-state index in [0.717, 1.165) is 5.69 Å². The van der Waals surface area contributed by atoms with E-state index >= 15 is 0 Å². The normalized spacial score (nSPS) is 11.1. The number of aromatic nitrogens is 2. The van der Waals surface area contributed by atoms with Gasteiger partial charge in [-0.3, -0.25) is 9.97 Å². The summed E-state index contributed by atoms with van der Waals surface area (Å²) in [5.74, 6) is 0. The molecular formula is C14H12N2. The Hall–Kier alpha value is -1.96. The molecule has 0 unspecified atom stereocenters. The van der Waals surface area contributed by atoms with Gasteiger partial charge in [-0.15, -0.1) is 0 Å². The second-order valence-electron chi connectivity index (χ2n) is 4.16. The van der Waals surface area contributed by atoms with Crippen LogP contribution in [0.15, 0.2) is 36.8 Å². The van der Waals surface area contributed by atoms with Crippen molar-refractivity contribution in [3.63, 3.8) is 0 Å². The molecule has 0 bridgehead atoms. The Kier molecular flexibility index (Phi) is 1.90. The molecule has 2 nitrogen and oxygen atoms in total. The van der Waals surface area contributed by atoms with Gasteiger partial charge in [0.2, 0.25) is 0 Å². The minimum Gasteiger partial charge on any atom is -0.264 e. The van der Waals surface area contributed by atoms with Gasteiger partial charge in [-0.2, -0.15) is 0 Å². The summed E-state index contributed by atoms with van der Waals surface area (Å²) in [6.45, 7) is 4.11. The zero-order valence-corrected chi connectivity index (χ0v) is 9.36. The molecule has 2 aromatic heterocycles. The molecule has 0 radical (unpaired) electrons. The topological polar surface area (TPSA) is 25.8 Å². The third-order valence-corrected chi connectivity index (χ3v) is 2.98. The third kappa shape index (κ3) is 1.27. The minimum atomic E-state index is 1.04. The number of nitrogens with zero attached hydrogens (tertiary/aromatic N) is 2. The number of rotatable bonds is 0. The highest BCUT2D eigenvalue weighted by atomic mass is 14.7. The molecule has 0 saturated heterocycles. The van der Waals surface area contributed by atoms with Crippen LogP contribution in [0.2, 0.25) is 0 Å². The Morgan fingerprint density at radius 2 is 1.75 bits per heavy atom. The van der Waals surface area contributed by atoms with Gasteiger partial charge in [0.25, 0.3) is 0 Å². The van der Waals surface area contributed by atoms with E-state index in [1.807, 2.05) is 25.5 Å². The van der Waals surface area contributed by atoms with Gasteiger partial charge < -0.3 is 0 Å². The molecule has 0 saturated carbocycles. The average molecular weight is 208 g/mol. The quantitative estimate of drug-likeness (QED) is 0.529. The first-order valence-corrected chi connectivity index (χ1v) is 5.35. The predicted octanol–water partition coefficient (Wildman–Crippen LogP) is 3.40. The summed E-state index contributed by atoms with van der Waals surface area (Å²) in [6.07, 6.45) is 5.76. The number of aryl methyl sites for hydroxylation is 2. The van der Waals surface area contributed by atoms with Crippen molar-refractivity contribution >= 4 is 21.5 Å². The maximum absolute atomic E-state index is 4.32. The average Bonchev–Trinajstić information content (AvgIpc) is 2.29. The first-order chi connectivity index (χ1) is 7.75. The molecule has 78 valence electrons. The van der Waals surface area contributed by atoms with Crippen LogP contribution in [0.3, 0.4) is 0 Å². The van der Waals surface area contributed by atoms with Gasteiger partial charge in [0.15, 0.2) is 0 Å². The molecule has 0 aliphatic rings. The van der Waals surface area contributed by atoms with Crippen molar-refractivity contribution in [2.75, 3.05) is 0 Å². The van der Waals surface area contributed by atoms with Crippen LogP contribution in [0, 0.1) is 13.8 Å². The number of hydrogen-bond donors (Lipinski definition) is 0. The lowest BCUT2D eigenvalue weighted by molar-refractivity contribution is 1.22. The first-order valence-electron chi connectivity index (χ1n) is 5.35. The molecule has 2 heteroatoms. The molecule has 0 fully saturated rings. The summed E-state index contributed by atoms with van der Waals surface area (Å²) in [6, 6.07) is 6.39. The lowest BCUT2D eigenvalue weighted by Gasteiger charge is -2.05. The van der Waals surface area contributed by atoms with E-state index in [9.17, 15) is 0 Å². The van der Waals surface area contributed by atoms with Crippen LogP contribution in [-0.2, 0) is 0 Å². The van der Waals surface area contributed by atoms with E-state index < -0.39 is 0 Å². The largest absolute Gasteiger partial charge is 0.264 e. The molecule has 0 spiro atoms. The van der Waals surface area contributed by atoms with Gasteiger partial charge in [0.05, 0.1) is 0 Å². The van der Waals surface area contributed by atoms with Crippen LogP contribution in [0.4, 0.5) is 0 Å². The maximum atomic E-state index is 4.32. The zero-order chi connectivity index (χ0) is 11.1. The highest BCUT2D eigenvalue weighted by Gasteiger charge is 2.03. The summed E-state index contributed by atoms with van der Waals surface area (Å²) in [5, 5.41) is 4.89. The smallest absolute Gasteiger partial charge is 0.0379 e. The van der Waals surface area contributed by atoms with Crippen molar-refractivity contribution in [2.24, 2.45) is 0 Å². The molecule has 3 aromatic rings. The molecule has 0 aliphatic carbocycles. The predicted molar refractivity (Wildman–Crippen MR) is 66.5 cm³/mol. The number of pyridine rings is 2. The van der Waals surface area contributed by atoms with Crippen molar-refractivity contribution in [3.05, 3.63) is 48.0 Å². The van der Waals surface area contributed by atoms with Crippen molar-refractivity contribution in [1.82, 2.24) is 9.97 Å². The van der Waals surface area contributed by atoms with E-state index in [1.54, 1.807) is 0 Å². The van der Waals surface area contributed by atoms with Gasteiger partial charge in [0, 0.05) is 35.1 Å². The summed E-state index contributed by atoms with van der Waals surface area (Å²) in [5.41, 5.74) is 2.26. The van der Waals surface area contributed by atoms with E-state index in [0.29, 0.717) is 0 Å². The van der Waals surface area contributed by atoms with E-state index in [-0.39, 0.29) is 0 Å². The summed E-state index contributed by atoms with van der Waals surface area (Å²) in [7, 11) is 0. The Bertz CT molecular complexity index is 687. The monoisotopic (exact) mass is 208 g/mol. The SMILES string of the molecule is Cc1cc2c(ccc3c(C)cncc32)cn1. The van der Waals surface area contributed by atoms with Gasteiger partial charge in [0.1, 0.15) is 0 Å². The van der Waals surface area contributed by atoms with Crippen molar-refractivity contribution < 1.29 is 0 Å². The third-order valence-electron chi connectivity index (χ3n) is 2.98. The standard InChI is InChI=1S/C14H12N2/c1-9-6-15-8-14-12(9)4-3-11-7-16-10(2)5-13(11)14/h3-8H,1-2H3. The van der Waals surface area contributed by atoms with Crippen LogP contribution in [-0.4, -0.2) is 9.97 Å². The van der Waals surface area contributed by atoms with Gasteiger partial charge in [-0.1, -0.05) is 12.1 Å². The molecule has 0 aliphatic heterocycles. The summed E-state index contributed by atoms with van der Waals surface area (Å²) in [4.78, 5) is 8.59.